The molecule has 2 aliphatic rings. The summed E-state index contributed by atoms with van der Waals surface area (Å²) in [5.74, 6) is 2.37. The molecule has 2 aliphatic heterocycles. The number of aryl methyl sites for hydroxylation is 1. The third-order valence-electron chi connectivity index (χ3n) is 5.97. The predicted molar refractivity (Wildman–Crippen MR) is 124 cm³/mol. The van der Waals surface area contributed by atoms with E-state index in [0.29, 0.717) is 19.0 Å². The molecule has 1 atom stereocenters. The van der Waals surface area contributed by atoms with Crippen LogP contribution in [-0.4, -0.2) is 58.8 Å². The summed E-state index contributed by atoms with van der Waals surface area (Å²) >= 11 is 0. The summed E-state index contributed by atoms with van der Waals surface area (Å²) in [6.07, 6.45) is 7.97. The van der Waals surface area contributed by atoms with Crippen LogP contribution < -0.4 is 10.1 Å². The van der Waals surface area contributed by atoms with Gasteiger partial charge < -0.3 is 19.5 Å². The lowest BCUT2D eigenvalue weighted by molar-refractivity contribution is -0.170. The largest absolute Gasteiger partial charge is 0.494 e. The van der Waals surface area contributed by atoms with Crippen molar-refractivity contribution in [2.75, 3.05) is 38.2 Å². The van der Waals surface area contributed by atoms with E-state index in [4.69, 9.17) is 14.2 Å². The highest BCUT2D eigenvalue weighted by Gasteiger charge is 2.16. The van der Waals surface area contributed by atoms with Crippen LogP contribution in [-0.2, 0) is 29.7 Å². The first-order chi connectivity index (χ1) is 15.8. The van der Waals surface area contributed by atoms with Crippen molar-refractivity contribution in [3.8, 4) is 5.75 Å². The molecule has 0 bridgehead atoms. The minimum atomic E-state index is -0.125. The molecule has 0 radical (unpaired) electrons. The van der Waals surface area contributed by atoms with Gasteiger partial charge in [0, 0.05) is 26.7 Å². The van der Waals surface area contributed by atoms with Gasteiger partial charge in [-0.05, 0) is 69.3 Å². The van der Waals surface area contributed by atoms with Gasteiger partial charge in [0.1, 0.15) is 12.4 Å². The average Bonchev–Trinajstić information content (AvgIpc) is 3.18. The van der Waals surface area contributed by atoms with E-state index in [1.165, 1.54) is 37.9 Å². The smallest absolute Gasteiger partial charge is 0.221 e. The van der Waals surface area contributed by atoms with E-state index in [0.717, 1.165) is 57.1 Å². The molecule has 176 valence electrons. The van der Waals surface area contributed by atoms with Gasteiger partial charge >= 0.3 is 0 Å². The Morgan fingerprint density at radius 2 is 2.06 bits per heavy atom. The standard InChI is InChI=1S/C24H37N5O3/c1-28-24(26-22(27-28)19-32-23-11-3-6-15-31-23)25-12-8-16-30-21-10-7-9-20(17-21)18-29-13-4-2-5-14-29/h7,9-10,17,23H,2-6,8,11-16,18-19H2,1H3,(H,25,26,27). The Kier molecular flexibility index (Phi) is 8.76. The van der Waals surface area contributed by atoms with Crippen molar-refractivity contribution in [1.29, 1.82) is 0 Å². The number of ether oxygens (including phenoxy) is 3. The molecule has 1 N–H and O–H groups in total. The van der Waals surface area contributed by atoms with Gasteiger partial charge in [0.05, 0.1) is 6.61 Å². The molecule has 0 spiro atoms. The maximum atomic E-state index is 5.98. The third kappa shape index (κ3) is 7.18. The normalized spacial score (nSPS) is 19.7. The topological polar surface area (TPSA) is 73.7 Å². The van der Waals surface area contributed by atoms with Crippen molar-refractivity contribution in [2.45, 2.75) is 64.4 Å². The molecule has 2 aromatic rings. The number of rotatable bonds is 11. The molecule has 8 heteroatoms. The molecule has 4 rings (SSSR count). The minimum absolute atomic E-state index is 0.125. The van der Waals surface area contributed by atoms with Gasteiger partial charge in [0.15, 0.2) is 12.1 Å². The van der Waals surface area contributed by atoms with E-state index in [9.17, 15) is 0 Å². The van der Waals surface area contributed by atoms with E-state index in [1.807, 2.05) is 13.1 Å². The maximum Gasteiger partial charge on any atom is 0.221 e. The number of likely N-dealkylation sites (tertiary alicyclic amines) is 1. The summed E-state index contributed by atoms with van der Waals surface area (Å²) in [6.45, 7) is 6.01. The molecule has 3 heterocycles. The number of anilines is 1. The van der Waals surface area contributed by atoms with Crippen LogP contribution in [0, 0.1) is 0 Å². The van der Waals surface area contributed by atoms with E-state index < -0.39 is 0 Å². The highest BCUT2D eigenvalue weighted by atomic mass is 16.7. The van der Waals surface area contributed by atoms with Crippen LogP contribution in [0.25, 0.3) is 0 Å². The zero-order valence-electron chi connectivity index (χ0n) is 19.3. The van der Waals surface area contributed by atoms with Crippen LogP contribution in [0.15, 0.2) is 24.3 Å². The fraction of sp³-hybridized carbons (Fsp3) is 0.667. The Bertz CT molecular complexity index is 816. The summed E-state index contributed by atoms with van der Waals surface area (Å²) in [5, 5.41) is 7.77. The first kappa shape index (κ1) is 23.0. The summed E-state index contributed by atoms with van der Waals surface area (Å²) in [4.78, 5) is 7.07. The lowest BCUT2D eigenvalue weighted by atomic mass is 10.1. The van der Waals surface area contributed by atoms with Crippen molar-refractivity contribution in [1.82, 2.24) is 19.7 Å². The number of nitrogens with one attached hydrogen (secondary N) is 1. The second-order valence-electron chi connectivity index (χ2n) is 8.70. The van der Waals surface area contributed by atoms with Gasteiger partial charge in [0.25, 0.3) is 0 Å². The van der Waals surface area contributed by atoms with E-state index >= 15 is 0 Å². The summed E-state index contributed by atoms with van der Waals surface area (Å²) in [5.41, 5.74) is 1.33. The van der Waals surface area contributed by atoms with Gasteiger partial charge in [0.2, 0.25) is 5.95 Å². The van der Waals surface area contributed by atoms with Crippen LogP contribution in [0.2, 0.25) is 0 Å². The second-order valence-corrected chi connectivity index (χ2v) is 8.70. The zero-order valence-corrected chi connectivity index (χ0v) is 19.3. The van der Waals surface area contributed by atoms with Crippen LogP contribution in [0.1, 0.15) is 56.3 Å². The SMILES string of the molecule is Cn1nc(COC2CCCCO2)nc1NCCCOc1cccc(CN2CCCCC2)c1. The molecule has 8 nitrogen and oxygen atoms in total. The van der Waals surface area contributed by atoms with Crippen LogP contribution >= 0.6 is 0 Å². The molecule has 0 aliphatic carbocycles. The molecule has 1 unspecified atom stereocenters. The Labute approximate surface area is 191 Å². The Balaban J connectivity index is 1.14. The third-order valence-corrected chi connectivity index (χ3v) is 5.97. The highest BCUT2D eigenvalue weighted by molar-refractivity contribution is 5.28. The van der Waals surface area contributed by atoms with Crippen molar-refractivity contribution < 1.29 is 14.2 Å². The van der Waals surface area contributed by atoms with E-state index in [2.05, 4.69) is 38.5 Å². The van der Waals surface area contributed by atoms with Gasteiger partial charge in [-0.1, -0.05) is 18.6 Å². The van der Waals surface area contributed by atoms with Gasteiger partial charge in [-0.25, -0.2) is 4.68 Å². The fourth-order valence-corrected chi connectivity index (χ4v) is 4.23. The molecule has 32 heavy (non-hydrogen) atoms. The lowest BCUT2D eigenvalue weighted by Gasteiger charge is -2.26. The first-order valence-electron chi connectivity index (χ1n) is 12.1. The van der Waals surface area contributed by atoms with Crippen LogP contribution in [0.3, 0.4) is 0 Å². The van der Waals surface area contributed by atoms with Gasteiger partial charge in [-0.3, -0.25) is 4.90 Å². The second kappa shape index (κ2) is 12.2. The number of piperidine rings is 1. The Morgan fingerprint density at radius 1 is 1.16 bits per heavy atom. The fourth-order valence-electron chi connectivity index (χ4n) is 4.23. The Hall–Kier alpha value is -2.16. The summed E-state index contributed by atoms with van der Waals surface area (Å²) in [7, 11) is 1.89. The van der Waals surface area contributed by atoms with Crippen molar-refractivity contribution >= 4 is 5.95 Å². The van der Waals surface area contributed by atoms with Gasteiger partial charge in [-0.15, -0.1) is 0 Å². The number of hydrogen-bond donors (Lipinski definition) is 1. The van der Waals surface area contributed by atoms with E-state index in [-0.39, 0.29) is 6.29 Å². The quantitative estimate of drug-likeness (QED) is 0.531. The lowest BCUT2D eigenvalue weighted by Crippen LogP contribution is -2.29. The first-order valence-corrected chi connectivity index (χ1v) is 12.1. The predicted octanol–water partition coefficient (Wildman–Crippen LogP) is 3.73. The summed E-state index contributed by atoms with van der Waals surface area (Å²) < 4.78 is 19.1. The Morgan fingerprint density at radius 3 is 2.91 bits per heavy atom. The maximum absolute atomic E-state index is 5.98. The number of hydrogen-bond acceptors (Lipinski definition) is 7. The van der Waals surface area contributed by atoms with Crippen LogP contribution in [0.4, 0.5) is 5.95 Å². The van der Waals surface area contributed by atoms with Crippen LogP contribution in [0.5, 0.6) is 5.75 Å². The zero-order chi connectivity index (χ0) is 22.0. The van der Waals surface area contributed by atoms with Crippen molar-refractivity contribution in [3.63, 3.8) is 0 Å². The number of nitrogens with zero attached hydrogens (tertiary/aromatic N) is 4. The molecule has 2 saturated heterocycles. The molecule has 1 aromatic carbocycles. The molecule has 0 saturated carbocycles. The molecule has 0 amide bonds. The van der Waals surface area contributed by atoms with Crippen molar-refractivity contribution in [3.05, 3.63) is 35.7 Å². The number of aromatic nitrogens is 3. The van der Waals surface area contributed by atoms with E-state index in [1.54, 1.807) is 4.68 Å². The molecule has 1 aromatic heterocycles. The average molecular weight is 444 g/mol. The van der Waals surface area contributed by atoms with Gasteiger partial charge in [-0.2, -0.15) is 10.1 Å². The molecule has 2 fully saturated rings. The summed E-state index contributed by atoms with van der Waals surface area (Å²) in [6, 6.07) is 8.50. The number of benzene rings is 1. The monoisotopic (exact) mass is 443 g/mol. The highest BCUT2D eigenvalue weighted by Crippen LogP contribution is 2.18. The van der Waals surface area contributed by atoms with Crippen molar-refractivity contribution in [2.24, 2.45) is 7.05 Å². The molecular weight excluding hydrogens is 406 g/mol. The minimum Gasteiger partial charge on any atom is -0.494 e. The molecular formula is C24H37N5O3.